The number of likely N-dealkylation sites (tertiary alicyclic amines) is 1. The number of hydrogen-bond acceptors (Lipinski definition) is 7. The van der Waals surface area contributed by atoms with Gasteiger partial charge in [-0.3, -0.25) is 14.5 Å². The third-order valence-electron chi connectivity index (χ3n) is 8.02. The number of carbonyl (C=O) groups excluding carboxylic acids is 2. The zero-order valence-electron chi connectivity index (χ0n) is 22.9. The lowest BCUT2D eigenvalue weighted by Gasteiger charge is -2.53. The fraction of sp³-hybridized carbons (Fsp3) is 0.704. The van der Waals surface area contributed by atoms with Gasteiger partial charge in [0.15, 0.2) is 0 Å². The van der Waals surface area contributed by atoms with Crippen LogP contribution in [-0.2, 0) is 9.59 Å². The molecule has 0 radical (unpaired) electrons. The summed E-state index contributed by atoms with van der Waals surface area (Å²) in [7, 11) is 2.11. The van der Waals surface area contributed by atoms with Gasteiger partial charge in [0, 0.05) is 22.2 Å². The highest BCUT2D eigenvalue weighted by molar-refractivity contribution is 14.1. The first kappa shape index (κ1) is 30.0. The first-order valence-electron chi connectivity index (χ1n) is 12.4. The average molecular weight is 726 g/mol. The minimum absolute atomic E-state index is 0.111. The second kappa shape index (κ2) is 10.2. The SMILES string of the molecule is CN1C(C)(C)CC(C(=O)Oc2cc(I)c(OC(=O)C3CC(C)(C)N(O)C(C)(C)C3)cc2I)CC1(C)C. The first-order valence-corrected chi connectivity index (χ1v) is 14.6. The molecule has 2 saturated heterocycles. The maximum Gasteiger partial charge on any atom is 0.314 e. The number of halogens is 2. The molecule has 0 saturated carbocycles. The van der Waals surface area contributed by atoms with Gasteiger partial charge in [-0.15, -0.1) is 0 Å². The second-order valence-electron chi connectivity index (χ2n) is 12.9. The van der Waals surface area contributed by atoms with E-state index in [9.17, 15) is 14.8 Å². The summed E-state index contributed by atoms with van der Waals surface area (Å²) in [5, 5.41) is 11.9. The van der Waals surface area contributed by atoms with E-state index in [1.807, 2.05) is 27.7 Å². The van der Waals surface area contributed by atoms with Crippen LogP contribution in [0.5, 0.6) is 11.5 Å². The molecule has 1 aromatic rings. The maximum atomic E-state index is 13.2. The van der Waals surface area contributed by atoms with E-state index in [1.54, 1.807) is 12.1 Å². The van der Waals surface area contributed by atoms with Crippen molar-refractivity contribution in [2.75, 3.05) is 7.05 Å². The van der Waals surface area contributed by atoms with Crippen LogP contribution in [0.1, 0.15) is 81.1 Å². The van der Waals surface area contributed by atoms with Crippen molar-refractivity contribution >= 4 is 57.1 Å². The Morgan fingerprint density at radius 3 is 1.39 bits per heavy atom. The number of hydrogen-bond donors (Lipinski definition) is 1. The van der Waals surface area contributed by atoms with E-state index in [4.69, 9.17) is 9.47 Å². The van der Waals surface area contributed by atoms with Gasteiger partial charge in [-0.25, -0.2) is 0 Å². The molecule has 1 aromatic carbocycles. The van der Waals surface area contributed by atoms with Crippen LogP contribution in [0.25, 0.3) is 0 Å². The predicted molar refractivity (Wildman–Crippen MR) is 156 cm³/mol. The molecule has 0 atom stereocenters. The Hall–Kier alpha value is -0.500. The lowest BCUT2D eigenvalue weighted by molar-refractivity contribution is -0.251. The molecule has 202 valence electrons. The number of rotatable bonds is 4. The summed E-state index contributed by atoms with van der Waals surface area (Å²) in [5.74, 6) is -0.119. The van der Waals surface area contributed by atoms with E-state index in [2.05, 4.69) is 84.8 Å². The van der Waals surface area contributed by atoms with Crippen LogP contribution in [0.15, 0.2) is 12.1 Å². The number of piperidine rings is 2. The Balaban J connectivity index is 1.73. The highest BCUT2D eigenvalue weighted by Gasteiger charge is 2.48. The fourth-order valence-corrected chi connectivity index (χ4v) is 7.12. The fourth-order valence-electron chi connectivity index (χ4n) is 6.03. The smallest absolute Gasteiger partial charge is 0.314 e. The Bertz CT molecular complexity index is 919. The molecule has 3 rings (SSSR count). The number of nitrogens with zero attached hydrogens (tertiary/aromatic N) is 2. The van der Waals surface area contributed by atoms with Crippen molar-refractivity contribution in [2.45, 2.75) is 103 Å². The minimum Gasteiger partial charge on any atom is -0.425 e. The third-order valence-corrected chi connectivity index (χ3v) is 9.71. The van der Waals surface area contributed by atoms with Gasteiger partial charge in [0.1, 0.15) is 11.5 Å². The van der Waals surface area contributed by atoms with Gasteiger partial charge in [0.05, 0.1) is 19.0 Å². The summed E-state index contributed by atoms with van der Waals surface area (Å²) in [6.45, 7) is 16.4. The van der Waals surface area contributed by atoms with Crippen LogP contribution in [-0.4, -0.2) is 56.3 Å². The first-order chi connectivity index (χ1) is 16.3. The van der Waals surface area contributed by atoms with Crippen molar-refractivity contribution in [3.63, 3.8) is 0 Å². The minimum atomic E-state index is -0.540. The van der Waals surface area contributed by atoms with Crippen molar-refractivity contribution in [3.05, 3.63) is 19.3 Å². The van der Waals surface area contributed by atoms with Crippen LogP contribution < -0.4 is 9.47 Å². The summed E-state index contributed by atoms with van der Waals surface area (Å²) in [4.78, 5) is 28.6. The zero-order chi connectivity index (χ0) is 27.4. The number of ether oxygens (including phenoxy) is 2. The Labute approximate surface area is 242 Å². The van der Waals surface area contributed by atoms with Crippen molar-refractivity contribution in [1.29, 1.82) is 0 Å². The van der Waals surface area contributed by atoms with E-state index in [-0.39, 0.29) is 34.9 Å². The highest BCUT2D eigenvalue weighted by atomic mass is 127. The number of carbonyl (C=O) groups is 2. The van der Waals surface area contributed by atoms with Crippen LogP contribution in [0.4, 0.5) is 0 Å². The quantitative estimate of drug-likeness (QED) is 0.223. The van der Waals surface area contributed by atoms with Gasteiger partial charge in [-0.1, -0.05) is 0 Å². The second-order valence-corrected chi connectivity index (χ2v) is 15.2. The molecule has 2 fully saturated rings. The summed E-state index contributed by atoms with van der Waals surface area (Å²) in [5.41, 5.74) is -1.30. The lowest BCUT2D eigenvalue weighted by atomic mass is 9.74. The number of esters is 2. The molecule has 0 unspecified atom stereocenters. The highest BCUT2D eigenvalue weighted by Crippen LogP contribution is 2.43. The van der Waals surface area contributed by atoms with Gasteiger partial charge in [-0.05, 0) is 145 Å². The zero-order valence-corrected chi connectivity index (χ0v) is 27.2. The number of benzene rings is 1. The Morgan fingerprint density at radius 1 is 0.750 bits per heavy atom. The molecule has 0 amide bonds. The van der Waals surface area contributed by atoms with Crippen LogP contribution in [0.3, 0.4) is 0 Å². The molecule has 1 N–H and O–H groups in total. The molecule has 2 heterocycles. The van der Waals surface area contributed by atoms with Crippen molar-refractivity contribution in [2.24, 2.45) is 11.8 Å². The standard InChI is InChI=1S/C27H40I2N2O5/c1-24(2)12-16(13-25(3,4)30(24)9)22(32)35-20-10-19(29)21(11-18(20)28)36-23(33)17-14-26(5,6)31(34)27(7,8)15-17/h10-11,16-17,34H,12-15H2,1-9H3. The number of hydroxylamine groups is 2. The van der Waals surface area contributed by atoms with Gasteiger partial charge in [0.2, 0.25) is 0 Å². The summed E-state index contributed by atoms with van der Waals surface area (Å²) in [6, 6.07) is 3.51. The van der Waals surface area contributed by atoms with E-state index < -0.39 is 11.1 Å². The molecule has 9 heteroatoms. The van der Waals surface area contributed by atoms with Crippen LogP contribution in [0, 0.1) is 19.0 Å². The maximum absolute atomic E-state index is 13.2. The van der Waals surface area contributed by atoms with E-state index in [0.29, 0.717) is 31.5 Å². The van der Waals surface area contributed by atoms with Gasteiger partial charge in [0.25, 0.3) is 0 Å². The Morgan fingerprint density at radius 2 is 1.06 bits per heavy atom. The van der Waals surface area contributed by atoms with Gasteiger partial charge in [-0.2, -0.15) is 5.06 Å². The van der Waals surface area contributed by atoms with Crippen molar-refractivity contribution in [3.8, 4) is 11.5 Å². The normalized spacial score (nSPS) is 24.3. The third kappa shape index (κ3) is 6.21. The van der Waals surface area contributed by atoms with Crippen molar-refractivity contribution in [1.82, 2.24) is 9.96 Å². The van der Waals surface area contributed by atoms with Crippen LogP contribution in [0.2, 0.25) is 0 Å². The summed E-state index contributed by atoms with van der Waals surface area (Å²) < 4.78 is 13.1. The predicted octanol–water partition coefficient (Wildman–Crippen LogP) is 6.26. The van der Waals surface area contributed by atoms with Gasteiger partial charge >= 0.3 is 11.9 Å². The molecule has 7 nitrogen and oxygen atoms in total. The molecule has 0 bridgehead atoms. The molecule has 0 aliphatic carbocycles. The molecular formula is C27H40I2N2O5. The summed E-state index contributed by atoms with van der Waals surface area (Å²) >= 11 is 4.23. The van der Waals surface area contributed by atoms with Gasteiger partial charge < -0.3 is 14.7 Å². The van der Waals surface area contributed by atoms with E-state index in [0.717, 1.165) is 12.8 Å². The monoisotopic (exact) mass is 726 g/mol. The van der Waals surface area contributed by atoms with Crippen molar-refractivity contribution < 1.29 is 24.3 Å². The molecule has 36 heavy (non-hydrogen) atoms. The Kier molecular flexibility index (Phi) is 8.54. The van der Waals surface area contributed by atoms with Crippen LogP contribution >= 0.6 is 45.2 Å². The molecule has 0 aromatic heterocycles. The molecule has 2 aliphatic heterocycles. The van der Waals surface area contributed by atoms with E-state index in [1.165, 1.54) is 5.06 Å². The van der Waals surface area contributed by atoms with E-state index >= 15 is 0 Å². The molecule has 2 aliphatic rings. The molecule has 0 spiro atoms. The summed E-state index contributed by atoms with van der Waals surface area (Å²) in [6.07, 6.45) is 2.46. The lowest BCUT2D eigenvalue weighted by Crippen LogP contribution is -2.60. The average Bonchev–Trinajstić information content (AvgIpc) is 2.72. The largest absolute Gasteiger partial charge is 0.425 e. The topological polar surface area (TPSA) is 79.3 Å². The molecular weight excluding hydrogens is 686 g/mol.